The van der Waals surface area contributed by atoms with E-state index in [1.54, 1.807) is 4.52 Å². The number of rotatable bonds is 5. The van der Waals surface area contributed by atoms with Crippen molar-refractivity contribution in [1.82, 2.24) is 24.4 Å². The SMILES string of the molecule is CCCC(=O)N1CCC(c2cc3nc4c(c(=O)n3[nH]2)CN(C[C@H]2CC=CCC2)CC4)CC1. The number of carbonyl (C=O) groups excluding carboxylic acids is 1. The average Bonchev–Trinajstić information content (AvgIpc) is 3.25. The normalized spacial score (nSPS) is 22.4. The second-order valence-electron chi connectivity index (χ2n) is 9.79. The molecule has 3 aliphatic rings. The molecule has 1 N–H and O–H groups in total. The summed E-state index contributed by atoms with van der Waals surface area (Å²) < 4.78 is 1.65. The van der Waals surface area contributed by atoms with Gasteiger partial charge in [-0.3, -0.25) is 19.6 Å². The van der Waals surface area contributed by atoms with E-state index in [-0.39, 0.29) is 11.5 Å². The lowest BCUT2D eigenvalue weighted by Gasteiger charge is -2.31. The fourth-order valence-corrected chi connectivity index (χ4v) is 5.62. The van der Waals surface area contributed by atoms with E-state index in [4.69, 9.17) is 4.98 Å². The molecule has 1 aliphatic carbocycles. The number of nitrogens with zero attached hydrogens (tertiary/aromatic N) is 4. The maximum Gasteiger partial charge on any atom is 0.277 e. The molecule has 4 heterocycles. The summed E-state index contributed by atoms with van der Waals surface area (Å²) in [5.41, 5.74) is 3.69. The smallest absolute Gasteiger partial charge is 0.277 e. The minimum Gasteiger partial charge on any atom is -0.343 e. The van der Waals surface area contributed by atoms with E-state index in [0.717, 1.165) is 80.9 Å². The third-order valence-corrected chi connectivity index (χ3v) is 7.51. The van der Waals surface area contributed by atoms with Crippen LogP contribution >= 0.6 is 0 Å². The fraction of sp³-hybridized carbons (Fsp3) is 0.640. The van der Waals surface area contributed by atoms with Crippen LogP contribution in [0.15, 0.2) is 23.0 Å². The highest BCUT2D eigenvalue weighted by Crippen LogP contribution is 2.28. The molecule has 1 atom stereocenters. The van der Waals surface area contributed by atoms with Gasteiger partial charge < -0.3 is 4.90 Å². The average molecular weight is 438 g/mol. The van der Waals surface area contributed by atoms with Crippen LogP contribution in [0.25, 0.3) is 5.65 Å². The van der Waals surface area contributed by atoms with Crippen LogP contribution < -0.4 is 5.56 Å². The number of amides is 1. The van der Waals surface area contributed by atoms with Crippen LogP contribution in [-0.4, -0.2) is 56.5 Å². The topological polar surface area (TPSA) is 73.7 Å². The number of fused-ring (bicyclic) bond motifs is 2. The summed E-state index contributed by atoms with van der Waals surface area (Å²) in [7, 11) is 0. The fourth-order valence-electron chi connectivity index (χ4n) is 5.62. The highest BCUT2D eigenvalue weighted by Gasteiger charge is 2.27. The molecule has 0 unspecified atom stereocenters. The second-order valence-corrected chi connectivity index (χ2v) is 9.79. The molecule has 1 saturated heterocycles. The summed E-state index contributed by atoms with van der Waals surface area (Å²) in [6.45, 7) is 6.39. The van der Waals surface area contributed by atoms with Gasteiger partial charge in [0.05, 0.1) is 11.3 Å². The monoisotopic (exact) mass is 437 g/mol. The van der Waals surface area contributed by atoms with Crippen molar-refractivity contribution < 1.29 is 4.79 Å². The van der Waals surface area contributed by atoms with Crippen molar-refractivity contribution in [2.45, 2.75) is 70.8 Å². The zero-order valence-electron chi connectivity index (χ0n) is 19.2. The number of aromatic nitrogens is 3. The minimum absolute atomic E-state index is 0.0556. The van der Waals surface area contributed by atoms with Crippen LogP contribution in [-0.2, 0) is 17.8 Å². The Morgan fingerprint density at radius 3 is 2.78 bits per heavy atom. The number of allylic oxidation sites excluding steroid dienone is 2. The predicted molar refractivity (Wildman–Crippen MR) is 125 cm³/mol. The molecular weight excluding hydrogens is 402 g/mol. The van der Waals surface area contributed by atoms with Crippen molar-refractivity contribution in [3.63, 3.8) is 0 Å². The van der Waals surface area contributed by atoms with Gasteiger partial charge in [-0.1, -0.05) is 19.1 Å². The molecule has 7 nitrogen and oxygen atoms in total. The first-order valence-corrected chi connectivity index (χ1v) is 12.4. The molecule has 2 aromatic rings. The number of hydrogen-bond donors (Lipinski definition) is 1. The van der Waals surface area contributed by atoms with Crippen molar-refractivity contribution in [3.05, 3.63) is 45.5 Å². The zero-order valence-corrected chi connectivity index (χ0v) is 19.2. The largest absolute Gasteiger partial charge is 0.343 e. The number of H-pyrrole nitrogens is 1. The summed E-state index contributed by atoms with van der Waals surface area (Å²) in [6.07, 6.45) is 12.4. The van der Waals surface area contributed by atoms with E-state index >= 15 is 0 Å². The number of likely N-dealkylation sites (tertiary alicyclic amines) is 1. The van der Waals surface area contributed by atoms with Gasteiger partial charge in [-0.15, -0.1) is 0 Å². The first-order chi connectivity index (χ1) is 15.6. The van der Waals surface area contributed by atoms with E-state index in [1.807, 2.05) is 11.8 Å². The van der Waals surface area contributed by atoms with Crippen LogP contribution in [0.3, 0.4) is 0 Å². The van der Waals surface area contributed by atoms with E-state index in [9.17, 15) is 9.59 Å². The lowest BCUT2D eigenvalue weighted by atomic mass is 9.93. The Hall–Kier alpha value is -2.41. The first kappa shape index (κ1) is 21.4. The number of hydrogen-bond acceptors (Lipinski definition) is 4. The third kappa shape index (κ3) is 4.27. The summed E-state index contributed by atoms with van der Waals surface area (Å²) in [5, 5.41) is 3.36. The Kier molecular flexibility index (Phi) is 6.17. The molecule has 32 heavy (non-hydrogen) atoms. The predicted octanol–water partition coefficient (Wildman–Crippen LogP) is 3.24. The van der Waals surface area contributed by atoms with E-state index in [1.165, 1.54) is 12.8 Å². The Labute approximate surface area is 189 Å². The molecule has 0 aromatic carbocycles. The molecule has 172 valence electrons. The van der Waals surface area contributed by atoms with Crippen molar-refractivity contribution in [2.24, 2.45) is 5.92 Å². The molecule has 0 bridgehead atoms. The highest BCUT2D eigenvalue weighted by atomic mass is 16.2. The molecule has 5 rings (SSSR count). The standard InChI is InChI=1S/C25H35N5O2/c1-2-6-24(31)29-13-9-19(10-14-29)22-15-23-26-21-11-12-28(16-18-7-4-3-5-8-18)17-20(21)25(32)30(23)27-22/h3-4,15,18-19,27H,2,5-14,16-17H2,1H3/t18-/m0/s1. The molecule has 2 aromatic heterocycles. The molecule has 1 amide bonds. The molecule has 0 spiro atoms. The van der Waals surface area contributed by atoms with Gasteiger partial charge in [0.25, 0.3) is 5.56 Å². The van der Waals surface area contributed by atoms with Crippen LogP contribution in [0.1, 0.15) is 74.7 Å². The van der Waals surface area contributed by atoms with Crippen molar-refractivity contribution >= 4 is 11.6 Å². The highest BCUT2D eigenvalue weighted by molar-refractivity contribution is 5.76. The minimum atomic E-state index is 0.0556. The summed E-state index contributed by atoms with van der Waals surface area (Å²) in [4.78, 5) is 34.8. The lowest BCUT2D eigenvalue weighted by Crippen LogP contribution is -2.39. The van der Waals surface area contributed by atoms with Crippen LogP contribution in [0.4, 0.5) is 0 Å². The van der Waals surface area contributed by atoms with Crippen LogP contribution in [0, 0.1) is 5.92 Å². The lowest BCUT2D eigenvalue weighted by molar-refractivity contribution is -0.132. The molecule has 1 fully saturated rings. The maximum absolute atomic E-state index is 13.3. The number of carbonyl (C=O) groups is 1. The van der Waals surface area contributed by atoms with E-state index < -0.39 is 0 Å². The van der Waals surface area contributed by atoms with Gasteiger partial charge in [0.1, 0.15) is 0 Å². The maximum atomic E-state index is 13.3. The van der Waals surface area contributed by atoms with E-state index in [0.29, 0.717) is 24.8 Å². The Morgan fingerprint density at radius 2 is 2.03 bits per heavy atom. The van der Waals surface area contributed by atoms with Gasteiger partial charge in [-0.2, -0.15) is 0 Å². The number of aromatic amines is 1. The van der Waals surface area contributed by atoms with Gasteiger partial charge in [-0.25, -0.2) is 9.50 Å². The summed E-state index contributed by atoms with van der Waals surface area (Å²) in [5.74, 6) is 1.31. The van der Waals surface area contributed by atoms with Crippen LogP contribution in [0.5, 0.6) is 0 Å². The zero-order chi connectivity index (χ0) is 22.1. The Morgan fingerprint density at radius 1 is 1.19 bits per heavy atom. The molecule has 2 aliphatic heterocycles. The summed E-state index contributed by atoms with van der Waals surface area (Å²) in [6, 6.07) is 2.05. The number of piperidine rings is 1. The Balaban J connectivity index is 1.30. The van der Waals surface area contributed by atoms with Gasteiger partial charge in [-0.05, 0) is 44.4 Å². The molecule has 0 saturated carbocycles. The first-order valence-electron chi connectivity index (χ1n) is 12.4. The van der Waals surface area contributed by atoms with E-state index in [2.05, 4.69) is 28.2 Å². The second kappa shape index (κ2) is 9.22. The van der Waals surface area contributed by atoms with Gasteiger partial charge in [0.15, 0.2) is 5.65 Å². The van der Waals surface area contributed by atoms with Crippen molar-refractivity contribution in [3.8, 4) is 0 Å². The molecular formula is C25H35N5O2. The van der Waals surface area contributed by atoms with Gasteiger partial charge in [0, 0.05) is 63.2 Å². The van der Waals surface area contributed by atoms with Crippen molar-refractivity contribution in [1.29, 1.82) is 0 Å². The van der Waals surface area contributed by atoms with Crippen LogP contribution in [0.2, 0.25) is 0 Å². The molecule has 7 heteroatoms. The van der Waals surface area contributed by atoms with Crippen molar-refractivity contribution in [2.75, 3.05) is 26.2 Å². The summed E-state index contributed by atoms with van der Waals surface area (Å²) >= 11 is 0. The Bertz CT molecular complexity index is 1060. The number of nitrogens with one attached hydrogen (secondary N) is 1. The quantitative estimate of drug-likeness (QED) is 0.729. The van der Waals surface area contributed by atoms with Gasteiger partial charge >= 0.3 is 0 Å². The third-order valence-electron chi connectivity index (χ3n) is 7.51. The molecule has 0 radical (unpaired) electrons. The van der Waals surface area contributed by atoms with Gasteiger partial charge in [0.2, 0.25) is 5.91 Å².